The SMILES string of the molecule is CCCCNC(=O)CN(CC)Cc1ccccc1CN. The maximum absolute atomic E-state index is 11.9. The minimum absolute atomic E-state index is 0.102. The van der Waals surface area contributed by atoms with Gasteiger partial charge in [0, 0.05) is 19.6 Å². The first kappa shape index (κ1) is 16.7. The Morgan fingerprint density at radius 2 is 1.95 bits per heavy atom. The first-order chi connectivity index (χ1) is 9.71. The Kier molecular flexibility index (Phi) is 7.92. The van der Waals surface area contributed by atoms with Gasteiger partial charge in [0.15, 0.2) is 0 Å². The van der Waals surface area contributed by atoms with Crippen LogP contribution >= 0.6 is 0 Å². The summed E-state index contributed by atoms with van der Waals surface area (Å²) in [6.07, 6.45) is 2.13. The quantitative estimate of drug-likeness (QED) is 0.678. The van der Waals surface area contributed by atoms with Crippen LogP contribution in [0.5, 0.6) is 0 Å². The monoisotopic (exact) mass is 277 g/mol. The molecule has 0 saturated heterocycles. The number of hydrogen-bond acceptors (Lipinski definition) is 3. The van der Waals surface area contributed by atoms with E-state index in [0.717, 1.165) is 38.0 Å². The topological polar surface area (TPSA) is 58.4 Å². The van der Waals surface area contributed by atoms with Crippen LogP contribution < -0.4 is 11.1 Å². The molecule has 0 atom stereocenters. The Balaban J connectivity index is 2.52. The number of nitrogens with two attached hydrogens (primary N) is 1. The lowest BCUT2D eigenvalue weighted by atomic mass is 10.1. The minimum atomic E-state index is 0.102. The van der Waals surface area contributed by atoms with Gasteiger partial charge >= 0.3 is 0 Å². The summed E-state index contributed by atoms with van der Waals surface area (Å²) < 4.78 is 0. The van der Waals surface area contributed by atoms with E-state index in [0.29, 0.717) is 13.1 Å². The van der Waals surface area contributed by atoms with Gasteiger partial charge in [-0.25, -0.2) is 0 Å². The highest BCUT2D eigenvalue weighted by Gasteiger charge is 2.10. The van der Waals surface area contributed by atoms with Crippen LogP contribution in [0.25, 0.3) is 0 Å². The van der Waals surface area contributed by atoms with Crippen LogP contribution in [0.3, 0.4) is 0 Å². The van der Waals surface area contributed by atoms with E-state index in [1.54, 1.807) is 0 Å². The van der Waals surface area contributed by atoms with Gasteiger partial charge < -0.3 is 11.1 Å². The van der Waals surface area contributed by atoms with Gasteiger partial charge in [-0.05, 0) is 24.1 Å². The normalized spacial score (nSPS) is 10.8. The van der Waals surface area contributed by atoms with Crippen molar-refractivity contribution in [2.75, 3.05) is 19.6 Å². The summed E-state index contributed by atoms with van der Waals surface area (Å²) in [5, 5.41) is 2.96. The van der Waals surface area contributed by atoms with Crippen molar-refractivity contribution in [3.63, 3.8) is 0 Å². The Morgan fingerprint density at radius 3 is 2.55 bits per heavy atom. The van der Waals surface area contributed by atoms with E-state index in [1.807, 2.05) is 18.2 Å². The number of nitrogens with one attached hydrogen (secondary N) is 1. The van der Waals surface area contributed by atoms with E-state index in [-0.39, 0.29) is 5.91 Å². The molecule has 0 aromatic heterocycles. The Morgan fingerprint density at radius 1 is 1.25 bits per heavy atom. The van der Waals surface area contributed by atoms with E-state index in [4.69, 9.17) is 5.73 Å². The van der Waals surface area contributed by atoms with Crippen molar-refractivity contribution >= 4 is 5.91 Å². The zero-order valence-electron chi connectivity index (χ0n) is 12.7. The maximum atomic E-state index is 11.9. The Labute approximate surface area is 122 Å². The third kappa shape index (κ3) is 5.72. The van der Waals surface area contributed by atoms with Gasteiger partial charge in [0.25, 0.3) is 0 Å². The fraction of sp³-hybridized carbons (Fsp3) is 0.562. The number of hydrogen-bond donors (Lipinski definition) is 2. The summed E-state index contributed by atoms with van der Waals surface area (Å²) in [6, 6.07) is 8.15. The number of carbonyl (C=O) groups excluding carboxylic acids is 1. The van der Waals surface area contributed by atoms with Crippen LogP contribution in [0.1, 0.15) is 37.8 Å². The van der Waals surface area contributed by atoms with Crippen molar-refractivity contribution in [3.8, 4) is 0 Å². The molecule has 0 unspecified atom stereocenters. The molecule has 0 radical (unpaired) electrons. The zero-order valence-corrected chi connectivity index (χ0v) is 12.7. The third-order valence-electron chi connectivity index (χ3n) is 3.40. The molecule has 0 saturated carbocycles. The lowest BCUT2D eigenvalue weighted by Crippen LogP contribution is -2.37. The highest BCUT2D eigenvalue weighted by Crippen LogP contribution is 2.10. The molecule has 0 fully saturated rings. The van der Waals surface area contributed by atoms with Crippen molar-refractivity contribution in [2.45, 2.75) is 39.8 Å². The number of benzene rings is 1. The fourth-order valence-electron chi connectivity index (χ4n) is 2.09. The van der Waals surface area contributed by atoms with Gasteiger partial charge in [-0.1, -0.05) is 44.5 Å². The van der Waals surface area contributed by atoms with Crippen molar-refractivity contribution in [1.82, 2.24) is 10.2 Å². The van der Waals surface area contributed by atoms with E-state index in [1.165, 1.54) is 5.56 Å². The Bertz CT molecular complexity index is 406. The van der Waals surface area contributed by atoms with Gasteiger partial charge in [-0.2, -0.15) is 0 Å². The molecule has 1 aromatic carbocycles. The van der Waals surface area contributed by atoms with Crippen molar-refractivity contribution < 1.29 is 4.79 Å². The summed E-state index contributed by atoms with van der Waals surface area (Å²) in [5.41, 5.74) is 8.11. The smallest absolute Gasteiger partial charge is 0.234 e. The molecule has 4 nitrogen and oxygen atoms in total. The highest BCUT2D eigenvalue weighted by molar-refractivity contribution is 5.77. The summed E-state index contributed by atoms with van der Waals surface area (Å²) in [6.45, 7) is 7.56. The largest absolute Gasteiger partial charge is 0.355 e. The van der Waals surface area contributed by atoms with Crippen LogP contribution in [0.15, 0.2) is 24.3 Å². The van der Waals surface area contributed by atoms with Crippen LogP contribution in [-0.4, -0.2) is 30.4 Å². The summed E-state index contributed by atoms with van der Waals surface area (Å²) in [5.74, 6) is 0.102. The lowest BCUT2D eigenvalue weighted by Gasteiger charge is -2.21. The van der Waals surface area contributed by atoms with Gasteiger partial charge in [-0.15, -0.1) is 0 Å². The van der Waals surface area contributed by atoms with E-state index >= 15 is 0 Å². The first-order valence-corrected chi connectivity index (χ1v) is 7.47. The van der Waals surface area contributed by atoms with E-state index in [9.17, 15) is 4.79 Å². The molecule has 0 spiro atoms. The van der Waals surface area contributed by atoms with Crippen LogP contribution in [0.2, 0.25) is 0 Å². The molecule has 112 valence electrons. The van der Waals surface area contributed by atoms with Gasteiger partial charge in [0.05, 0.1) is 6.54 Å². The summed E-state index contributed by atoms with van der Waals surface area (Å²) >= 11 is 0. The summed E-state index contributed by atoms with van der Waals surface area (Å²) in [4.78, 5) is 14.0. The first-order valence-electron chi connectivity index (χ1n) is 7.47. The molecule has 0 aliphatic rings. The molecule has 1 aromatic rings. The van der Waals surface area contributed by atoms with Crippen LogP contribution in [0.4, 0.5) is 0 Å². The second-order valence-electron chi connectivity index (χ2n) is 4.98. The predicted molar refractivity (Wildman–Crippen MR) is 83.2 cm³/mol. The zero-order chi connectivity index (χ0) is 14.8. The molecule has 20 heavy (non-hydrogen) atoms. The third-order valence-corrected chi connectivity index (χ3v) is 3.40. The average molecular weight is 277 g/mol. The number of amides is 1. The second-order valence-corrected chi connectivity index (χ2v) is 4.98. The van der Waals surface area contributed by atoms with Gasteiger partial charge in [0.1, 0.15) is 0 Å². The molecule has 3 N–H and O–H groups in total. The van der Waals surface area contributed by atoms with Crippen molar-refractivity contribution in [2.24, 2.45) is 5.73 Å². The van der Waals surface area contributed by atoms with Gasteiger partial charge in [-0.3, -0.25) is 9.69 Å². The molecule has 1 amide bonds. The molecular weight excluding hydrogens is 250 g/mol. The number of unbranched alkanes of at least 4 members (excludes halogenated alkanes) is 1. The molecule has 1 rings (SSSR count). The number of rotatable bonds is 9. The van der Waals surface area contributed by atoms with E-state index < -0.39 is 0 Å². The molecule has 0 aliphatic heterocycles. The predicted octanol–water partition coefficient (Wildman–Crippen LogP) is 1.88. The standard InChI is InChI=1S/C16H27N3O/c1-3-5-10-18-16(20)13-19(4-2)12-15-9-7-6-8-14(15)11-17/h6-9H,3-5,10-13,17H2,1-2H3,(H,18,20). The van der Waals surface area contributed by atoms with Gasteiger partial charge in [0.2, 0.25) is 5.91 Å². The number of nitrogens with zero attached hydrogens (tertiary/aromatic N) is 1. The van der Waals surface area contributed by atoms with Crippen molar-refractivity contribution in [3.05, 3.63) is 35.4 Å². The van der Waals surface area contributed by atoms with Crippen LogP contribution in [-0.2, 0) is 17.9 Å². The lowest BCUT2D eigenvalue weighted by molar-refractivity contribution is -0.122. The van der Waals surface area contributed by atoms with E-state index in [2.05, 4.69) is 30.1 Å². The second kappa shape index (κ2) is 9.50. The highest BCUT2D eigenvalue weighted by atomic mass is 16.2. The molecule has 0 bridgehead atoms. The maximum Gasteiger partial charge on any atom is 0.234 e. The number of carbonyl (C=O) groups is 1. The average Bonchev–Trinajstić information content (AvgIpc) is 2.47. The Hall–Kier alpha value is -1.39. The molecular formula is C16H27N3O. The molecule has 0 heterocycles. The van der Waals surface area contributed by atoms with Crippen molar-refractivity contribution in [1.29, 1.82) is 0 Å². The minimum Gasteiger partial charge on any atom is -0.355 e. The fourth-order valence-corrected chi connectivity index (χ4v) is 2.09. The number of likely N-dealkylation sites (N-methyl/N-ethyl adjacent to an activating group) is 1. The van der Waals surface area contributed by atoms with Crippen LogP contribution in [0, 0.1) is 0 Å². The summed E-state index contributed by atoms with van der Waals surface area (Å²) in [7, 11) is 0. The molecule has 4 heteroatoms. The molecule has 0 aliphatic carbocycles.